The number of Topliss-reactive ketones (excluding diaryl/α,β-unsaturated/α-hetero) is 1. The Balaban J connectivity index is 1.70. The first-order valence-corrected chi connectivity index (χ1v) is 10.5. The van der Waals surface area contributed by atoms with E-state index < -0.39 is 16.9 Å². The second-order valence-electron chi connectivity index (χ2n) is 6.71. The number of benzene rings is 3. The van der Waals surface area contributed by atoms with Gasteiger partial charge < -0.3 is 10.1 Å². The summed E-state index contributed by atoms with van der Waals surface area (Å²) in [6.07, 6.45) is -0.486. The maximum Gasteiger partial charge on any atom is 0.282 e. The van der Waals surface area contributed by atoms with Crippen LogP contribution in [-0.2, 0) is 0 Å². The fourth-order valence-electron chi connectivity index (χ4n) is 2.95. The third-order valence-corrected chi connectivity index (χ3v) is 5.00. The first-order chi connectivity index (χ1) is 15.4. The van der Waals surface area contributed by atoms with Gasteiger partial charge in [0.1, 0.15) is 11.3 Å². The molecule has 0 fully saturated rings. The van der Waals surface area contributed by atoms with Crippen molar-refractivity contribution in [2.45, 2.75) is 12.5 Å². The van der Waals surface area contributed by atoms with Gasteiger partial charge in [0, 0.05) is 34.6 Å². The Bertz CT molecular complexity index is 1120. The maximum absolute atomic E-state index is 12.8. The molecule has 0 aromatic heterocycles. The first-order valence-electron chi connectivity index (χ1n) is 9.56. The second-order valence-corrected chi connectivity index (χ2v) is 7.52. The molecule has 3 aromatic carbocycles. The largest absolute Gasteiger partial charge is 0.482 e. The number of para-hydroxylation sites is 1. The van der Waals surface area contributed by atoms with Crippen LogP contribution in [0, 0.1) is 10.1 Å². The van der Waals surface area contributed by atoms with Crippen molar-refractivity contribution < 1.29 is 19.2 Å². The molecule has 3 aromatic rings. The van der Waals surface area contributed by atoms with Crippen molar-refractivity contribution in [2.75, 3.05) is 11.2 Å². The molecule has 0 aliphatic rings. The highest BCUT2D eigenvalue weighted by atomic mass is 35.5. The van der Waals surface area contributed by atoms with Crippen LogP contribution in [-0.4, -0.2) is 28.6 Å². The average molecular weight is 473 g/mol. The molecule has 1 amide bonds. The zero-order valence-electron chi connectivity index (χ0n) is 16.7. The predicted octanol–water partition coefficient (Wildman–Crippen LogP) is 5.76. The van der Waals surface area contributed by atoms with E-state index in [0.29, 0.717) is 28.4 Å². The molecule has 164 valence electrons. The number of ketones is 1. The van der Waals surface area contributed by atoms with Crippen LogP contribution in [0.25, 0.3) is 0 Å². The Morgan fingerprint density at radius 1 is 1.00 bits per heavy atom. The molecule has 0 bridgehead atoms. The number of rotatable bonds is 9. The quantitative estimate of drug-likeness (QED) is 0.184. The van der Waals surface area contributed by atoms with Crippen molar-refractivity contribution in [2.24, 2.45) is 0 Å². The maximum atomic E-state index is 12.8. The summed E-state index contributed by atoms with van der Waals surface area (Å²) < 4.78 is 5.83. The average Bonchev–Trinajstić information content (AvgIpc) is 2.80. The number of nitro benzene ring substituents is 1. The van der Waals surface area contributed by atoms with Crippen LogP contribution in [0.1, 0.15) is 27.1 Å². The molecule has 0 saturated carbocycles. The van der Waals surface area contributed by atoms with Gasteiger partial charge in [-0.15, -0.1) is 11.6 Å². The summed E-state index contributed by atoms with van der Waals surface area (Å²) in [6, 6.07) is 18.5. The van der Waals surface area contributed by atoms with E-state index in [2.05, 4.69) is 5.32 Å². The Morgan fingerprint density at radius 3 is 2.28 bits per heavy atom. The standard InChI is InChI=1S/C23H18Cl2N2O5/c24-14-13-21(22(28)15-5-7-16(25)8-6-15)32-18-11-9-17(10-12-18)26-23(29)19-3-1-2-4-20(19)27(30)31/h1-12,21H,13-14H2,(H,26,29). The zero-order valence-corrected chi connectivity index (χ0v) is 18.2. The molecule has 0 saturated heterocycles. The van der Waals surface area contributed by atoms with Crippen LogP contribution < -0.4 is 10.1 Å². The van der Waals surface area contributed by atoms with Gasteiger partial charge >= 0.3 is 0 Å². The summed E-state index contributed by atoms with van der Waals surface area (Å²) >= 11 is 11.7. The van der Waals surface area contributed by atoms with Crippen LogP contribution in [0.15, 0.2) is 72.8 Å². The highest BCUT2D eigenvalue weighted by Gasteiger charge is 2.22. The highest BCUT2D eigenvalue weighted by Crippen LogP contribution is 2.23. The Hall–Kier alpha value is -3.42. The zero-order chi connectivity index (χ0) is 23.1. The van der Waals surface area contributed by atoms with E-state index in [1.54, 1.807) is 54.6 Å². The minimum atomic E-state index is -0.791. The number of hydrogen-bond donors (Lipinski definition) is 1. The van der Waals surface area contributed by atoms with Gasteiger partial charge in [0.2, 0.25) is 5.78 Å². The molecule has 0 heterocycles. The summed E-state index contributed by atoms with van der Waals surface area (Å²) in [5, 5.41) is 14.3. The van der Waals surface area contributed by atoms with Gasteiger partial charge in [-0.1, -0.05) is 23.7 Å². The molecule has 0 aliphatic heterocycles. The number of halogens is 2. The van der Waals surface area contributed by atoms with E-state index in [1.807, 2.05) is 0 Å². The number of amides is 1. The van der Waals surface area contributed by atoms with Crippen LogP contribution in [0.5, 0.6) is 5.75 Å². The molecule has 7 nitrogen and oxygen atoms in total. The molecule has 3 rings (SSSR count). The lowest BCUT2D eigenvalue weighted by Gasteiger charge is -2.17. The molecule has 1 N–H and O–H groups in total. The lowest BCUT2D eigenvalue weighted by Crippen LogP contribution is -2.28. The molecule has 9 heteroatoms. The van der Waals surface area contributed by atoms with E-state index >= 15 is 0 Å². The molecule has 0 aliphatic carbocycles. The number of carbonyl (C=O) groups is 2. The van der Waals surface area contributed by atoms with Crippen molar-refractivity contribution in [3.05, 3.63) is 99.1 Å². The topological polar surface area (TPSA) is 98.5 Å². The molecular weight excluding hydrogens is 455 g/mol. The molecule has 1 unspecified atom stereocenters. The van der Waals surface area contributed by atoms with E-state index in [9.17, 15) is 19.7 Å². The minimum Gasteiger partial charge on any atom is -0.482 e. The van der Waals surface area contributed by atoms with Crippen molar-refractivity contribution in [3.8, 4) is 5.75 Å². The van der Waals surface area contributed by atoms with Crippen molar-refractivity contribution in [1.82, 2.24) is 0 Å². The number of alkyl halides is 1. The number of nitro groups is 1. The van der Waals surface area contributed by atoms with Crippen LogP contribution in [0.3, 0.4) is 0 Å². The monoisotopic (exact) mass is 472 g/mol. The number of nitrogens with zero attached hydrogens (tertiary/aromatic N) is 1. The van der Waals surface area contributed by atoms with E-state index in [4.69, 9.17) is 27.9 Å². The van der Waals surface area contributed by atoms with Gasteiger partial charge in [-0.25, -0.2) is 0 Å². The number of carbonyl (C=O) groups excluding carboxylic acids is 2. The van der Waals surface area contributed by atoms with Gasteiger partial charge in [0.05, 0.1) is 4.92 Å². The van der Waals surface area contributed by atoms with Crippen LogP contribution in [0.4, 0.5) is 11.4 Å². The Kier molecular flexibility index (Phi) is 7.81. The molecule has 0 radical (unpaired) electrons. The summed E-state index contributed by atoms with van der Waals surface area (Å²) in [7, 11) is 0. The third-order valence-electron chi connectivity index (χ3n) is 4.53. The van der Waals surface area contributed by atoms with Gasteiger partial charge in [0.25, 0.3) is 11.6 Å². The van der Waals surface area contributed by atoms with Crippen LogP contribution >= 0.6 is 23.2 Å². The Morgan fingerprint density at radius 2 is 1.66 bits per heavy atom. The molecule has 1 atom stereocenters. The fourth-order valence-corrected chi connectivity index (χ4v) is 3.27. The number of nitrogens with one attached hydrogen (secondary N) is 1. The van der Waals surface area contributed by atoms with Gasteiger partial charge in [-0.2, -0.15) is 0 Å². The molecular formula is C23H18Cl2N2O5. The second kappa shape index (κ2) is 10.7. The molecule has 0 spiro atoms. The highest BCUT2D eigenvalue weighted by molar-refractivity contribution is 6.30. The predicted molar refractivity (Wildman–Crippen MR) is 123 cm³/mol. The lowest BCUT2D eigenvalue weighted by molar-refractivity contribution is -0.385. The van der Waals surface area contributed by atoms with Crippen molar-refractivity contribution in [1.29, 1.82) is 0 Å². The number of hydrogen-bond acceptors (Lipinski definition) is 5. The normalized spacial score (nSPS) is 11.4. The SMILES string of the molecule is O=C(Nc1ccc(OC(CCCl)C(=O)c2ccc(Cl)cc2)cc1)c1ccccc1[N+](=O)[O-]. The van der Waals surface area contributed by atoms with Crippen LogP contribution in [0.2, 0.25) is 5.02 Å². The first kappa shape index (κ1) is 23.2. The Labute approximate surface area is 194 Å². The van der Waals surface area contributed by atoms with E-state index in [0.717, 1.165) is 0 Å². The van der Waals surface area contributed by atoms with Gasteiger partial charge in [0.15, 0.2) is 6.10 Å². The van der Waals surface area contributed by atoms with E-state index in [-0.39, 0.29) is 22.9 Å². The van der Waals surface area contributed by atoms with E-state index in [1.165, 1.54) is 18.2 Å². The van der Waals surface area contributed by atoms with Gasteiger partial charge in [-0.05, 0) is 54.6 Å². The smallest absolute Gasteiger partial charge is 0.282 e. The minimum absolute atomic E-state index is 0.0476. The fraction of sp³-hybridized carbons (Fsp3) is 0.130. The molecule has 32 heavy (non-hydrogen) atoms. The van der Waals surface area contributed by atoms with Crippen molar-refractivity contribution >= 4 is 46.3 Å². The summed E-state index contributed by atoms with van der Waals surface area (Å²) in [4.78, 5) is 35.7. The summed E-state index contributed by atoms with van der Waals surface area (Å²) in [5.41, 5.74) is 0.541. The lowest BCUT2D eigenvalue weighted by atomic mass is 10.0. The third kappa shape index (κ3) is 5.84. The number of ether oxygens (including phenoxy) is 1. The van der Waals surface area contributed by atoms with Gasteiger partial charge in [-0.3, -0.25) is 19.7 Å². The van der Waals surface area contributed by atoms with Crippen molar-refractivity contribution in [3.63, 3.8) is 0 Å². The number of anilines is 1. The summed E-state index contributed by atoms with van der Waals surface area (Å²) in [6.45, 7) is 0. The summed E-state index contributed by atoms with van der Waals surface area (Å²) in [5.74, 6) is -0.195.